The maximum absolute atomic E-state index is 13.3. The molecule has 11 heteroatoms. The zero-order valence-electron chi connectivity index (χ0n) is 24.9. The van der Waals surface area contributed by atoms with Crippen LogP contribution in [0, 0.1) is 5.92 Å². The van der Waals surface area contributed by atoms with Gasteiger partial charge in [0.1, 0.15) is 30.0 Å². The number of aromatic amines is 1. The van der Waals surface area contributed by atoms with E-state index in [1.807, 2.05) is 44.2 Å². The van der Waals surface area contributed by atoms with Crippen LogP contribution in [-0.4, -0.2) is 54.8 Å². The molecule has 2 aliphatic carbocycles. The normalized spacial score (nSPS) is 19.0. The SMILES string of the molecule is COc1ccc(COc2cc(OC)c3c(c2C=O)CC(C(=O)Nc2cc([C@H]4CC[C@@H](OC(=O)NC(C)C)C4)[nH]n2)C3)cc1. The zero-order chi connectivity index (χ0) is 30.5. The van der Waals surface area contributed by atoms with Crippen LogP contribution in [0.2, 0.25) is 0 Å². The summed E-state index contributed by atoms with van der Waals surface area (Å²) in [6, 6.07) is 11.1. The van der Waals surface area contributed by atoms with E-state index in [9.17, 15) is 14.4 Å². The maximum Gasteiger partial charge on any atom is 0.407 e. The molecule has 5 rings (SSSR count). The van der Waals surface area contributed by atoms with Crippen molar-refractivity contribution in [1.29, 1.82) is 0 Å². The number of hydrogen-bond acceptors (Lipinski definition) is 8. The smallest absolute Gasteiger partial charge is 0.407 e. The first-order valence-corrected chi connectivity index (χ1v) is 14.5. The van der Waals surface area contributed by atoms with Gasteiger partial charge in [-0.15, -0.1) is 0 Å². The lowest BCUT2D eigenvalue weighted by atomic mass is 10.0. The van der Waals surface area contributed by atoms with Crippen LogP contribution < -0.4 is 24.8 Å². The Hall–Kier alpha value is -4.54. The third-order valence-electron chi connectivity index (χ3n) is 8.03. The number of fused-ring (bicyclic) bond motifs is 1. The summed E-state index contributed by atoms with van der Waals surface area (Å²) in [5.41, 5.74) is 3.85. The van der Waals surface area contributed by atoms with Gasteiger partial charge in [-0.3, -0.25) is 14.7 Å². The summed E-state index contributed by atoms with van der Waals surface area (Å²) < 4.78 is 22.4. The van der Waals surface area contributed by atoms with Crippen molar-refractivity contribution >= 4 is 24.1 Å². The molecule has 0 saturated heterocycles. The molecule has 3 aromatic rings. The lowest BCUT2D eigenvalue weighted by Crippen LogP contribution is -2.33. The van der Waals surface area contributed by atoms with Crippen LogP contribution in [0.1, 0.15) is 71.8 Å². The number of benzene rings is 2. The van der Waals surface area contributed by atoms with Gasteiger partial charge in [-0.25, -0.2) is 4.79 Å². The standard InChI is InChI=1S/C32H38N4O7/c1-18(2)33-32(39)43-23-10-7-20(11-23)27-14-30(36-35-27)34-31(38)21-12-24-25(13-21)28(41-4)15-29(26(24)16-37)42-17-19-5-8-22(40-3)9-6-19/h5-6,8-9,14-16,18,20-21,23H,7,10-13,17H2,1-4H3,(H,33,39)(H2,34,35,36,38)/t20-,21?,23+/m0/s1. The molecule has 2 aliphatic rings. The lowest BCUT2D eigenvalue weighted by molar-refractivity contribution is -0.119. The van der Waals surface area contributed by atoms with Crippen molar-refractivity contribution in [3.63, 3.8) is 0 Å². The number of ether oxygens (including phenoxy) is 4. The fourth-order valence-electron chi connectivity index (χ4n) is 5.85. The number of hydrogen-bond donors (Lipinski definition) is 3. The quantitative estimate of drug-likeness (QED) is 0.267. The predicted octanol–water partition coefficient (Wildman–Crippen LogP) is 4.94. The largest absolute Gasteiger partial charge is 0.497 e. The predicted molar refractivity (Wildman–Crippen MR) is 159 cm³/mol. The summed E-state index contributed by atoms with van der Waals surface area (Å²) in [6.07, 6.45) is 3.34. The number of rotatable bonds is 11. The number of amides is 2. The molecule has 1 unspecified atom stereocenters. The highest BCUT2D eigenvalue weighted by atomic mass is 16.6. The molecule has 2 aromatic carbocycles. The molecule has 3 N–H and O–H groups in total. The van der Waals surface area contributed by atoms with Gasteiger partial charge in [0.05, 0.1) is 19.8 Å². The van der Waals surface area contributed by atoms with Crippen LogP contribution in [0.25, 0.3) is 0 Å². The molecule has 11 nitrogen and oxygen atoms in total. The van der Waals surface area contributed by atoms with Gasteiger partial charge >= 0.3 is 6.09 Å². The topological polar surface area (TPSA) is 141 Å². The molecule has 3 atom stereocenters. The van der Waals surface area contributed by atoms with Gasteiger partial charge in [0.15, 0.2) is 12.1 Å². The van der Waals surface area contributed by atoms with E-state index in [2.05, 4.69) is 20.8 Å². The number of alkyl carbamates (subject to hydrolysis) is 1. The Morgan fingerprint density at radius 3 is 2.51 bits per heavy atom. The van der Waals surface area contributed by atoms with Gasteiger partial charge in [0.25, 0.3) is 0 Å². The number of nitrogens with one attached hydrogen (secondary N) is 3. The van der Waals surface area contributed by atoms with Gasteiger partial charge in [-0.05, 0) is 74.8 Å². The Balaban J connectivity index is 1.21. The monoisotopic (exact) mass is 590 g/mol. The van der Waals surface area contributed by atoms with E-state index in [0.29, 0.717) is 42.1 Å². The molecule has 1 aromatic heterocycles. The van der Waals surface area contributed by atoms with Gasteiger partial charge < -0.3 is 29.6 Å². The number of carbonyl (C=O) groups is 3. The number of aldehydes is 1. The highest BCUT2D eigenvalue weighted by Crippen LogP contribution is 2.41. The number of anilines is 1. The first kappa shape index (κ1) is 29.9. The second-order valence-corrected chi connectivity index (χ2v) is 11.3. The first-order chi connectivity index (χ1) is 20.8. The van der Waals surface area contributed by atoms with E-state index in [1.165, 1.54) is 0 Å². The zero-order valence-corrected chi connectivity index (χ0v) is 24.9. The Kier molecular flexibility index (Phi) is 9.18. The van der Waals surface area contributed by atoms with E-state index >= 15 is 0 Å². The minimum absolute atomic E-state index is 0.0164. The van der Waals surface area contributed by atoms with Crippen molar-refractivity contribution in [1.82, 2.24) is 15.5 Å². The van der Waals surface area contributed by atoms with Gasteiger partial charge in [0, 0.05) is 35.7 Å². The minimum atomic E-state index is -0.402. The maximum atomic E-state index is 13.3. The van der Waals surface area contributed by atoms with Crippen molar-refractivity contribution in [2.24, 2.45) is 5.92 Å². The number of aromatic nitrogens is 2. The van der Waals surface area contributed by atoms with Crippen molar-refractivity contribution in [3.8, 4) is 17.2 Å². The van der Waals surface area contributed by atoms with Crippen LogP contribution in [0.5, 0.6) is 17.2 Å². The highest BCUT2D eigenvalue weighted by Gasteiger charge is 2.34. The molecule has 0 aliphatic heterocycles. The molecule has 43 heavy (non-hydrogen) atoms. The van der Waals surface area contributed by atoms with E-state index in [-0.39, 0.29) is 30.6 Å². The lowest BCUT2D eigenvalue weighted by Gasteiger charge is -2.15. The number of methoxy groups -OCH3 is 2. The Morgan fingerprint density at radius 1 is 1.05 bits per heavy atom. The summed E-state index contributed by atoms with van der Waals surface area (Å²) in [4.78, 5) is 37.5. The average molecular weight is 591 g/mol. The van der Waals surface area contributed by atoms with Crippen molar-refractivity contribution < 1.29 is 33.3 Å². The minimum Gasteiger partial charge on any atom is -0.497 e. The van der Waals surface area contributed by atoms with Crippen molar-refractivity contribution in [2.45, 2.75) is 70.6 Å². The first-order valence-electron chi connectivity index (χ1n) is 14.5. The van der Waals surface area contributed by atoms with Gasteiger partial charge in [0.2, 0.25) is 5.91 Å². The van der Waals surface area contributed by atoms with Crippen LogP contribution in [0.3, 0.4) is 0 Å². The number of H-pyrrole nitrogens is 1. The third-order valence-corrected chi connectivity index (χ3v) is 8.03. The second kappa shape index (κ2) is 13.2. The molecule has 228 valence electrons. The molecule has 1 heterocycles. The third kappa shape index (κ3) is 6.93. The average Bonchev–Trinajstić information content (AvgIpc) is 3.75. The molecule has 0 radical (unpaired) electrons. The molecule has 1 saturated carbocycles. The summed E-state index contributed by atoms with van der Waals surface area (Å²) in [5, 5.41) is 13.0. The Bertz CT molecular complexity index is 1470. The van der Waals surface area contributed by atoms with Crippen molar-refractivity contribution in [3.05, 3.63) is 64.3 Å². The van der Waals surface area contributed by atoms with Gasteiger partial charge in [-0.2, -0.15) is 5.10 Å². The summed E-state index contributed by atoms with van der Waals surface area (Å²) in [5.74, 6) is 1.75. The van der Waals surface area contributed by atoms with E-state index < -0.39 is 12.0 Å². The molecule has 1 fully saturated rings. The molecule has 2 amide bonds. The summed E-state index contributed by atoms with van der Waals surface area (Å²) >= 11 is 0. The fourth-order valence-corrected chi connectivity index (χ4v) is 5.85. The Labute approximate surface area is 250 Å². The van der Waals surface area contributed by atoms with Crippen LogP contribution >= 0.6 is 0 Å². The van der Waals surface area contributed by atoms with E-state index in [4.69, 9.17) is 18.9 Å². The highest BCUT2D eigenvalue weighted by molar-refractivity contribution is 5.94. The molecule has 0 spiro atoms. The summed E-state index contributed by atoms with van der Waals surface area (Å²) in [7, 11) is 3.18. The Morgan fingerprint density at radius 2 is 1.81 bits per heavy atom. The van der Waals surface area contributed by atoms with E-state index in [0.717, 1.165) is 47.3 Å². The fraction of sp³-hybridized carbons (Fsp3) is 0.438. The molecular weight excluding hydrogens is 552 g/mol. The second-order valence-electron chi connectivity index (χ2n) is 11.3. The van der Waals surface area contributed by atoms with Crippen LogP contribution in [-0.2, 0) is 29.0 Å². The number of nitrogens with zero attached hydrogens (tertiary/aromatic N) is 1. The van der Waals surface area contributed by atoms with E-state index in [1.54, 1.807) is 20.3 Å². The van der Waals surface area contributed by atoms with Gasteiger partial charge in [-0.1, -0.05) is 12.1 Å². The summed E-state index contributed by atoms with van der Waals surface area (Å²) in [6.45, 7) is 4.04. The number of carbonyl (C=O) groups excluding carboxylic acids is 3. The van der Waals surface area contributed by atoms with Crippen LogP contribution in [0.15, 0.2) is 36.4 Å². The van der Waals surface area contributed by atoms with Crippen molar-refractivity contribution in [2.75, 3.05) is 19.5 Å². The molecular formula is C32H38N4O7. The molecule has 0 bridgehead atoms. The van der Waals surface area contributed by atoms with Crippen LogP contribution in [0.4, 0.5) is 10.6 Å².